The van der Waals surface area contributed by atoms with Gasteiger partial charge in [-0.2, -0.15) is 0 Å². The number of aryl methyl sites for hydroxylation is 1. The summed E-state index contributed by atoms with van der Waals surface area (Å²) >= 11 is 5.57. The molecule has 0 amide bonds. The first kappa shape index (κ1) is 6.56. The monoisotopic (exact) mass is 145 g/mol. The minimum Gasteiger partial charge on any atom is -0.207 e. The van der Waals surface area contributed by atoms with Crippen molar-refractivity contribution in [1.29, 1.82) is 0 Å². The fourth-order valence-corrected chi connectivity index (χ4v) is 0.734. The Morgan fingerprint density at radius 1 is 1.44 bits per heavy atom. The van der Waals surface area contributed by atoms with E-state index >= 15 is 0 Å². The highest BCUT2D eigenvalue weighted by Crippen LogP contribution is 2.14. The van der Waals surface area contributed by atoms with E-state index in [9.17, 15) is 4.39 Å². The van der Waals surface area contributed by atoms with Gasteiger partial charge in [0.1, 0.15) is 5.82 Å². The summed E-state index contributed by atoms with van der Waals surface area (Å²) in [6.07, 6.45) is 0. The molecule has 0 N–H and O–H groups in total. The van der Waals surface area contributed by atoms with E-state index in [1.54, 1.807) is 6.07 Å². The van der Waals surface area contributed by atoms with Crippen molar-refractivity contribution in [1.82, 2.24) is 0 Å². The van der Waals surface area contributed by atoms with Gasteiger partial charge in [-0.15, -0.1) is 0 Å². The molecule has 2 heteroatoms. The van der Waals surface area contributed by atoms with Gasteiger partial charge in [0, 0.05) is 5.02 Å². The summed E-state index contributed by atoms with van der Waals surface area (Å²) in [7, 11) is 0. The van der Waals surface area contributed by atoms with Gasteiger partial charge in [0.2, 0.25) is 0 Å². The van der Waals surface area contributed by atoms with Gasteiger partial charge in [0.25, 0.3) is 0 Å². The standard InChI is InChI=1S/C7H6ClF/c1-5-2-3-6(9)4-7(5)8/h2-4H,1H3/i1+1. The SMILES string of the molecule is [13CH3]c1ccc(F)cc1Cl. The number of hydrogen-bond donors (Lipinski definition) is 0. The lowest BCUT2D eigenvalue weighted by Gasteiger charge is -1.93. The van der Waals surface area contributed by atoms with E-state index in [1.165, 1.54) is 12.1 Å². The second-order valence-electron chi connectivity index (χ2n) is 1.89. The quantitative estimate of drug-likeness (QED) is 0.493. The van der Waals surface area contributed by atoms with Crippen molar-refractivity contribution >= 4 is 11.6 Å². The molecule has 0 spiro atoms. The van der Waals surface area contributed by atoms with Crippen molar-refractivity contribution in [2.75, 3.05) is 0 Å². The molecule has 48 valence electrons. The molecule has 1 aromatic rings. The molecule has 0 saturated heterocycles. The molecule has 0 unspecified atom stereocenters. The van der Waals surface area contributed by atoms with Crippen LogP contribution in [0, 0.1) is 12.7 Å². The molecule has 0 heterocycles. The van der Waals surface area contributed by atoms with Crippen LogP contribution in [0.2, 0.25) is 5.02 Å². The van der Waals surface area contributed by atoms with Gasteiger partial charge in [-0.1, -0.05) is 17.7 Å². The van der Waals surface area contributed by atoms with Crippen LogP contribution in [0.3, 0.4) is 0 Å². The molecule has 0 aromatic heterocycles. The minimum atomic E-state index is -0.286. The summed E-state index contributed by atoms with van der Waals surface area (Å²) in [5, 5.41) is 0.481. The lowest BCUT2D eigenvalue weighted by molar-refractivity contribution is 0.627. The van der Waals surface area contributed by atoms with E-state index in [1.807, 2.05) is 6.92 Å². The van der Waals surface area contributed by atoms with Crippen molar-refractivity contribution in [3.05, 3.63) is 34.6 Å². The third-order valence-electron chi connectivity index (χ3n) is 1.13. The molecule has 0 bridgehead atoms. The summed E-state index contributed by atoms with van der Waals surface area (Å²) in [6, 6.07) is 4.34. The van der Waals surface area contributed by atoms with Crippen LogP contribution in [0.4, 0.5) is 4.39 Å². The average Bonchev–Trinajstić information content (AvgIpc) is 1.80. The van der Waals surface area contributed by atoms with Gasteiger partial charge in [-0.3, -0.25) is 0 Å². The third-order valence-corrected chi connectivity index (χ3v) is 1.54. The molecule has 0 fully saturated rings. The van der Waals surface area contributed by atoms with Crippen LogP contribution in [0.5, 0.6) is 0 Å². The summed E-state index contributed by atoms with van der Waals surface area (Å²) in [5.41, 5.74) is 0.901. The van der Waals surface area contributed by atoms with Crippen LogP contribution in [-0.4, -0.2) is 0 Å². The predicted octanol–water partition coefficient (Wildman–Crippen LogP) is 2.79. The molecule has 0 atom stereocenters. The zero-order chi connectivity index (χ0) is 6.85. The Balaban J connectivity index is 3.17. The van der Waals surface area contributed by atoms with E-state index in [2.05, 4.69) is 0 Å². The lowest BCUT2D eigenvalue weighted by Crippen LogP contribution is -1.76. The smallest absolute Gasteiger partial charge is 0.124 e. The van der Waals surface area contributed by atoms with Crippen LogP contribution in [0.1, 0.15) is 5.56 Å². The first-order valence-corrected chi connectivity index (χ1v) is 2.99. The summed E-state index contributed by atoms with van der Waals surface area (Å²) in [6.45, 7) is 1.84. The molecule has 1 aromatic carbocycles. The van der Waals surface area contributed by atoms with Crippen LogP contribution in [0.25, 0.3) is 0 Å². The third kappa shape index (κ3) is 1.42. The molecule has 0 aliphatic carbocycles. The van der Waals surface area contributed by atoms with Crippen molar-refractivity contribution < 1.29 is 4.39 Å². The molecule has 1 rings (SSSR count). The maximum absolute atomic E-state index is 12.3. The molecular weight excluding hydrogens is 140 g/mol. The minimum absolute atomic E-state index is 0.286. The molecule has 0 nitrogen and oxygen atoms in total. The fraction of sp³-hybridized carbons (Fsp3) is 0.143. The number of halogens is 2. The summed E-state index contributed by atoms with van der Waals surface area (Å²) in [5.74, 6) is -0.286. The Morgan fingerprint density at radius 2 is 2.11 bits per heavy atom. The van der Waals surface area contributed by atoms with E-state index in [0.717, 1.165) is 5.56 Å². The Morgan fingerprint density at radius 3 is 2.56 bits per heavy atom. The first-order chi connectivity index (χ1) is 4.20. The average molecular weight is 146 g/mol. The normalized spacial score (nSPS) is 9.67. The van der Waals surface area contributed by atoms with E-state index < -0.39 is 0 Å². The van der Waals surface area contributed by atoms with E-state index in [4.69, 9.17) is 11.6 Å². The predicted molar refractivity (Wildman–Crippen MR) is 36.1 cm³/mol. The topological polar surface area (TPSA) is 0 Å². The number of rotatable bonds is 0. The maximum Gasteiger partial charge on any atom is 0.124 e. The summed E-state index contributed by atoms with van der Waals surface area (Å²) in [4.78, 5) is 0. The number of benzene rings is 1. The highest BCUT2D eigenvalue weighted by Gasteiger charge is 1.94. The van der Waals surface area contributed by atoms with Crippen LogP contribution >= 0.6 is 11.6 Å². The molecule has 0 saturated carbocycles. The maximum atomic E-state index is 12.3. The zero-order valence-corrected chi connectivity index (χ0v) is 5.74. The zero-order valence-electron chi connectivity index (χ0n) is 4.99. The van der Waals surface area contributed by atoms with Crippen molar-refractivity contribution in [3.63, 3.8) is 0 Å². The highest BCUT2D eigenvalue weighted by molar-refractivity contribution is 6.31. The second-order valence-corrected chi connectivity index (χ2v) is 2.30. The second kappa shape index (κ2) is 2.36. The van der Waals surface area contributed by atoms with Gasteiger partial charge in [-0.05, 0) is 24.6 Å². The molecule has 0 radical (unpaired) electrons. The van der Waals surface area contributed by atoms with Crippen molar-refractivity contribution in [3.8, 4) is 0 Å². The largest absolute Gasteiger partial charge is 0.207 e. The van der Waals surface area contributed by atoms with E-state index in [0.29, 0.717) is 5.02 Å². The highest BCUT2D eigenvalue weighted by atomic mass is 35.5. The molecule has 9 heavy (non-hydrogen) atoms. The van der Waals surface area contributed by atoms with Crippen LogP contribution in [-0.2, 0) is 0 Å². The fourth-order valence-electron chi connectivity index (χ4n) is 0.567. The Kier molecular flexibility index (Phi) is 1.72. The number of hydrogen-bond acceptors (Lipinski definition) is 0. The van der Waals surface area contributed by atoms with Gasteiger partial charge in [-0.25, -0.2) is 4.39 Å². The van der Waals surface area contributed by atoms with Gasteiger partial charge >= 0.3 is 0 Å². The first-order valence-electron chi connectivity index (χ1n) is 2.62. The van der Waals surface area contributed by atoms with E-state index in [-0.39, 0.29) is 5.82 Å². The van der Waals surface area contributed by atoms with Gasteiger partial charge in [0.15, 0.2) is 0 Å². The molecule has 0 aliphatic heterocycles. The van der Waals surface area contributed by atoms with Gasteiger partial charge < -0.3 is 0 Å². The van der Waals surface area contributed by atoms with Crippen LogP contribution < -0.4 is 0 Å². The van der Waals surface area contributed by atoms with Crippen molar-refractivity contribution in [2.24, 2.45) is 0 Å². The molecular formula is C7H6ClF. The Bertz CT molecular complexity index is 220. The Labute approximate surface area is 58.3 Å². The van der Waals surface area contributed by atoms with Crippen molar-refractivity contribution in [2.45, 2.75) is 6.92 Å². The summed E-state index contributed by atoms with van der Waals surface area (Å²) < 4.78 is 12.3. The molecule has 0 aliphatic rings. The van der Waals surface area contributed by atoms with Crippen LogP contribution in [0.15, 0.2) is 18.2 Å². The van der Waals surface area contributed by atoms with Gasteiger partial charge in [0.05, 0.1) is 0 Å². The lowest BCUT2D eigenvalue weighted by atomic mass is 10.3. The Hall–Kier alpha value is -0.560.